The highest BCUT2D eigenvalue weighted by atomic mass is 32.2. The Morgan fingerprint density at radius 1 is 1.37 bits per heavy atom. The van der Waals surface area contributed by atoms with Crippen LogP contribution in [-0.4, -0.2) is 54.9 Å². The molecule has 1 N–H and O–H groups in total. The molecule has 2 aliphatic rings. The maximum absolute atomic E-state index is 12.2. The lowest BCUT2D eigenvalue weighted by Gasteiger charge is -2.24. The van der Waals surface area contributed by atoms with E-state index in [1.165, 1.54) is 11.2 Å². The summed E-state index contributed by atoms with van der Waals surface area (Å²) in [6.07, 6.45) is 3.98. The molecule has 1 atom stereocenters. The molecule has 1 amide bonds. The lowest BCUT2D eigenvalue weighted by Crippen LogP contribution is -2.41. The Morgan fingerprint density at radius 2 is 2.00 bits per heavy atom. The maximum Gasteiger partial charge on any atom is 0.326 e. The zero-order valence-electron chi connectivity index (χ0n) is 11.0. The van der Waals surface area contributed by atoms with Gasteiger partial charge in [0.2, 0.25) is 5.91 Å². The molecule has 1 saturated heterocycles. The fourth-order valence-electron chi connectivity index (χ4n) is 2.85. The van der Waals surface area contributed by atoms with Crippen LogP contribution in [0.5, 0.6) is 0 Å². The van der Waals surface area contributed by atoms with Crippen molar-refractivity contribution < 1.29 is 23.1 Å². The predicted octanol–water partition coefficient (Wildman–Crippen LogP) is 0.277. The number of hydrogen-bond acceptors (Lipinski definition) is 4. The van der Waals surface area contributed by atoms with Gasteiger partial charge in [0.05, 0.1) is 5.75 Å². The average Bonchev–Trinajstić information content (AvgIpc) is 2.80. The molecule has 7 heteroatoms. The third kappa shape index (κ3) is 3.46. The van der Waals surface area contributed by atoms with Crippen LogP contribution in [0.3, 0.4) is 0 Å². The molecule has 6 nitrogen and oxygen atoms in total. The second kappa shape index (κ2) is 4.77. The smallest absolute Gasteiger partial charge is 0.326 e. The first kappa shape index (κ1) is 14.3. The van der Waals surface area contributed by atoms with E-state index in [0.29, 0.717) is 19.4 Å². The Balaban J connectivity index is 2.00. The summed E-state index contributed by atoms with van der Waals surface area (Å²) in [6.45, 7) is 0.463. The molecule has 2 rings (SSSR count). The van der Waals surface area contributed by atoms with Gasteiger partial charge in [-0.1, -0.05) is 0 Å². The van der Waals surface area contributed by atoms with Crippen LogP contribution in [0, 0.1) is 5.41 Å². The molecule has 0 aromatic heterocycles. The number of carboxylic acids is 1. The molecule has 1 unspecified atom stereocenters. The largest absolute Gasteiger partial charge is 0.480 e. The minimum atomic E-state index is -3.11. The third-order valence-electron chi connectivity index (χ3n) is 3.91. The molecule has 1 heterocycles. The van der Waals surface area contributed by atoms with E-state index < -0.39 is 27.3 Å². The topological polar surface area (TPSA) is 91.8 Å². The van der Waals surface area contributed by atoms with Gasteiger partial charge in [0.1, 0.15) is 15.9 Å². The number of nitrogens with zero attached hydrogens (tertiary/aromatic N) is 1. The molecule has 0 spiro atoms. The van der Waals surface area contributed by atoms with Crippen molar-refractivity contribution in [1.29, 1.82) is 0 Å². The molecule has 1 aliphatic heterocycles. The van der Waals surface area contributed by atoms with Crippen molar-refractivity contribution in [2.45, 2.75) is 38.1 Å². The Morgan fingerprint density at radius 3 is 2.47 bits per heavy atom. The SMILES string of the molecule is CS(=O)(=O)CC1(CC(=O)N2CCCC2C(=O)O)CC1. The summed E-state index contributed by atoms with van der Waals surface area (Å²) in [7, 11) is -3.11. The Hall–Kier alpha value is -1.11. The van der Waals surface area contributed by atoms with Gasteiger partial charge in [-0.15, -0.1) is 0 Å². The van der Waals surface area contributed by atoms with Crippen LogP contribution in [0.15, 0.2) is 0 Å². The molecule has 1 aliphatic carbocycles. The zero-order chi connectivity index (χ0) is 14.3. The first-order chi connectivity index (χ1) is 8.72. The van der Waals surface area contributed by atoms with Gasteiger partial charge >= 0.3 is 5.97 Å². The van der Waals surface area contributed by atoms with Gasteiger partial charge in [-0.3, -0.25) is 4.79 Å². The van der Waals surface area contributed by atoms with Crippen LogP contribution in [-0.2, 0) is 19.4 Å². The molecule has 0 aromatic carbocycles. The van der Waals surface area contributed by atoms with Gasteiger partial charge in [0.15, 0.2) is 0 Å². The van der Waals surface area contributed by atoms with E-state index in [4.69, 9.17) is 5.11 Å². The number of sulfone groups is 1. The van der Waals surface area contributed by atoms with Gasteiger partial charge in [-0.05, 0) is 31.1 Å². The monoisotopic (exact) mass is 289 g/mol. The van der Waals surface area contributed by atoms with E-state index in [9.17, 15) is 18.0 Å². The number of amides is 1. The Kier molecular flexibility index (Phi) is 3.59. The van der Waals surface area contributed by atoms with E-state index in [-0.39, 0.29) is 18.1 Å². The van der Waals surface area contributed by atoms with Crippen molar-refractivity contribution in [2.24, 2.45) is 5.41 Å². The van der Waals surface area contributed by atoms with Crippen LogP contribution in [0.25, 0.3) is 0 Å². The summed E-state index contributed by atoms with van der Waals surface area (Å²) in [6, 6.07) is -0.735. The van der Waals surface area contributed by atoms with Gasteiger partial charge in [0.25, 0.3) is 0 Å². The lowest BCUT2D eigenvalue weighted by molar-refractivity contribution is -0.148. The Bertz CT molecular complexity index is 494. The standard InChI is InChI=1S/C12H19NO5S/c1-19(17,18)8-12(4-5-12)7-10(14)13-6-2-3-9(13)11(15)16/h9H,2-8H2,1H3,(H,15,16). The number of rotatable bonds is 5. The first-order valence-corrected chi connectivity index (χ1v) is 8.49. The number of carbonyl (C=O) groups is 2. The molecule has 0 bridgehead atoms. The first-order valence-electron chi connectivity index (χ1n) is 6.42. The van der Waals surface area contributed by atoms with Gasteiger partial charge < -0.3 is 10.0 Å². The molecule has 108 valence electrons. The van der Waals surface area contributed by atoms with E-state index in [0.717, 1.165) is 12.8 Å². The predicted molar refractivity (Wildman–Crippen MR) is 68.4 cm³/mol. The second-order valence-corrected chi connectivity index (χ2v) is 7.97. The Labute approximate surface area is 112 Å². The van der Waals surface area contributed by atoms with E-state index >= 15 is 0 Å². The van der Waals surface area contributed by atoms with Crippen LogP contribution in [0.1, 0.15) is 32.1 Å². The van der Waals surface area contributed by atoms with Crippen molar-refractivity contribution in [3.63, 3.8) is 0 Å². The fraction of sp³-hybridized carbons (Fsp3) is 0.833. The highest BCUT2D eigenvalue weighted by Gasteiger charge is 2.48. The molecule has 0 radical (unpaired) electrons. The highest BCUT2D eigenvalue weighted by molar-refractivity contribution is 7.90. The molecule has 0 aromatic rings. The van der Waals surface area contributed by atoms with Gasteiger partial charge in [-0.25, -0.2) is 13.2 Å². The number of aliphatic carboxylic acids is 1. The van der Waals surface area contributed by atoms with E-state index in [1.54, 1.807) is 0 Å². The summed E-state index contributed by atoms with van der Waals surface area (Å²) in [5, 5.41) is 9.04. The van der Waals surface area contributed by atoms with Crippen LogP contribution in [0.2, 0.25) is 0 Å². The maximum atomic E-state index is 12.2. The summed E-state index contributed by atoms with van der Waals surface area (Å²) in [4.78, 5) is 24.6. The third-order valence-corrected chi connectivity index (χ3v) is 5.05. The van der Waals surface area contributed by atoms with E-state index in [2.05, 4.69) is 0 Å². The van der Waals surface area contributed by atoms with Crippen LogP contribution in [0.4, 0.5) is 0 Å². The zero-order valence-corrected chi connectivity index (χ0v) is 11.8. The minimum Gasteiger partial charge on any atom is -0.480 e. The van der Waals surface area contributed by atoms with Crippen molar-refractivity contribution in [3.05, 3.63) is 0 Å². The number of carbonyl (C=O) groups excluding carboxylic acids is 1. The quantitative estimate of drug-likeness (QED) is 0.784. The van der Waals surface area contributed by atoms with Crippen LogP contribution >= 0.6 is 0 Å². The van der Waals surface area contributed by atoms with Gasteiger partial charge in [-0.2, -0.15) is 0 Å². The number of carboxylic acid groups (broad SMARTS) is 1. The number of likely N-dealkylation sites (tertiary alicyclic amines) is 1. The average molecular weight is 289 g/mol. The van der Waals surface area contributed by atoms with Crippen molar-refractivity contribution in [3.8, 4) is 0 Å². The normalized spacial score (nSPS) is 25.3. The molecule has 19 heavy (non-hydrogen) atoms. The van der Waals surface area contributed by atoms with Crippen LogP contribution < -0.4 is 0 Å². The summed E-state index contributed by atoms with van der Waals surface area (Å²) in [5.41, 5.74) is -0.434. The van der Waals surface area contributed by atoms with E-state index in [1.807, 2.05) is 0 Å². The minimum absolute atomic E-state index is 0.0251. The summed E-state index contributed by atoms with van der Waals surface area (Å²) < 4.78 is 22.7. The van der Waals surface area contributed by atoms with Crippen molar-refractivity contribution in [1.82, 2.24) is 4.90 Å². The summed E-state index contributed by atoms with van der Waals surface area (Å²) in [5.74, 6) is -1.16. The number of hydrogen-bond donors (Lipinski definition) is 1. The molecule has 1 saturated carbocycles. The fourth-order valence-corrected chi connectivity index (χ4v) is 4.35. The lowest BCUT2D eigenvalue weighted by atomic mass is 10.0. The highest BCUT2D eigenvalue weighted by Crippen LogP contribution is 2.50. The molecular formula is C12H19NO5S. The summed E-state index contributed by atoms with van der Waals surface area (Å²) >= 11 is 0. The van der Waals surface area contributed by atoms with Crippen molar-refractivity contribution >= 4 is 21.7 Å². The van der Waals surface area contributed by atoms with Crippen molar-refractivity contribution in [2.75, 3.05) is 18.6 Å². The second-order valence-electron chi connectivity index (χ2n) is 5.83. The van der Waals surface area contributed by atoms with Gasteiger partial charge in [0, 0.05) is 19.2 Å². The molecule has 2 fully saturated rings. The molecular weight excluding hydrogens is 270 g/mol.